The minimum atomic E-state index is 0.181. The molecule has 0 aromatic heterocycles. The molecule has 0 saturated heterocycles. The van der Waals surface area contributed by atoms with Crippen molar-refractivity contribution in [2.75, 3.05) is 27.7 Å². The second kappa shape index (κ2) is 51.7. The van der Waals surface area contributed by atoms with Crippen LogP contribution in [0.3, 0.4) is 0 Å². The van der Waals surface area contributed by atoms with Crippen molar-refractivity contribution < 1.29 is 5.11 Å². The highest BCUT2D eigenvalue weighted by Gasteiger charge is 2.09. The van der Waals surface area contributed by atoms with Crippen molar-refractivity contribution in [2.24, 2.45) is 20.5 Å². The number of nitrogens with one attached hydrogen (secondary N) is 1. The number of phenolic OH excluding ortho intramolecular Hbond substituents is 1. The Balaban J connectivity index is -0.000000129. The van der Waals surface area contributed by atoms with E-state index >= 15 is 0 Å². The van der Waals surface area contributed by atoms with Crippen LogP contribution in [0.25, 0.3) is 10.8 Å². The van der Waals surface area contributed by atoms with Crippen LogP contribution in [-0.4, -0.2) is 32.8 Å². The van der Waals surface area contributed by atoms with Crippen LogP contribution < -0.4 is 5.32 Å². The fraction of sp³-hybridized carbons (Fsp3) is 0.463. The smallest absolute Gasteiger partial charge is 0.151 e. The van der Waals surface area contributed by atoms with Gasteiger partial charge in [-0.15, -0.1) is 5.11 Å². The highest BCUT2D eigenvalue weighted by Crippen LogP contribution is 2.38. The summed E-state index contributed by atoms with van der Waals surface area (Å²) in [5.74, 6) is 0.181. The molecular weight excluding hydrogens is 578 g/mol. The van der Waals surface area contributed by atoms with Crippen molar-refractivity contribution in [3.05, 3.63) is 103 Å². The number of benzene rings is 4. The number of hydrogen-bond acceptors (Lipinski definition) is 6. The van der Waals surface area contributed by atoms with Crippen LogP contribution in [0.5, 0.6) is 5.75 Å². The normalized spacial score (nSPS) is 8.28. The fourth-order valence-corrected chi connectivity index (χ4v) is 2.57. The van der Waals surface area contributed by atoms with E-state index in [0.29, 0.717) is 5.69 Å². The molecule has 4 rings (SSSR count). The zero-order chi connectivity index (χ0) is 37.7. The predicted molar refractivity (Wildman–Crippen MR) is 216 cm³/mol. The van der Waals surface area contributed by atoms with Crippen molar-refractivity contribution in [3.8, 4) is 5.75 Å². The van der Waals surface area contributed by atoms with Crippen LogP contribution in [0, 0.1) is 6.92 Å². The van der Waals surface area contributed by atoms with Gasteiger partial charge < -0.3 is 10.4 Å². The lowest BCUT2D eigenvalue weighted by molar-refractivity contribution is 0.482. The minimum Gasteiger partial charge on any atom is -0.505 e. The van der Waals surface area contributed by atoms with Crippen molar-refractivity contribution in [3.63, 3.8) is 0 Å². The predicted octanol–water partition coefficient (Wildman–Crippen LogP) is 14.4. The van der Waals surface area contributed by atoms with Crippen LogP contribution in [0.2, 0.25) is 0 Å². The summed E-state index contributed by atoms with van der Waals surface area (Å²) in [5.41, 5.74) is 2.19. The van der Waals surface area contributed by atoms with Crippen molar-refractivity contribution in [2.45, 2.75) is 103 Å². The molecular formula is C41H73N5O. The number of hydrogen-bond donors (Lipinski definition) is 2. The van der Waals surface area contributed by atoms with Crippen molar-refractivity contribution >= 4 is 22.1 Å². The van der Waals surface area contributed by atoms with E-state index in [1.54, 1.807) is 14.1 Å². The number of rotatable bonds is 3. The van der Waals surface area contributed by atoms with E-state index in [1.165, 1.54) is 6.42 Å². The Morgan fingerprint density at radius 3 is 1.28 bits per heavy atom. The van der Waals surface area contributed by atoms with Gasteiger partial charge in [-0.05, 0) is 49.7 Å². The van der Waals surface area contributed by atoms with Gasteiger partial charge in [-0.3, -0.25) is 0 Å². The third-order valence-electron chi connectivity index (χ3n) is 4.43. The lowest BCUT2D eigenvalue weighted by atomic mass is 10.0. The molecule has 0 bridgehead atoms. The molecule has 6 nitrogen and oxygen atoms in total. The summed E-state index contributed by atoms with van der Waals surface area (Å²) in [4.78, 5) is 0. The quantitative estimate of drug-likeness (QED) is 0.216. The molecule has 0 saturated carbocycles. The topological polar surface area (TPSA) is 81.7 Å². The summed E-state index contributed by atoms with van der Waals surface area (Å²) in [6, 6.07) is 31.2. The van der Waals surface area contributed by atoms with Crippen LogP contribution in [0.4, 0.5) is 11.4 Å². The average Bonchev–Trinajstić information content (AvgIpc) is 3.17. The van der Waals surface area contributed by atoms with Crippen LogP contribution in [0.1, 0.15) is 102 Å². The molecule has 0 spiro atoms. The van der Waals surface area contributed by atoms with Gasteiger partial charge in [0.2, 0.25) is 0 Å². The second-order valence-corrected chi connectivity index (χ2v) is 7.62. The van der Waals surface area contributed by atoms with Crippen molar-refractivity contribution in [1.29, 1.82) is 0 Å². The van der Waals surface area contributed by atoms with Crippen molar-refractivity contribution in [1.82, 2.24) is 5.32 Å². The molecule has 47 heavy (non-hydrogen) atoms. The van der Waals surface area contributed by atoms with Gasteiger partial charge in [0.1, 0.15) is 5.69 Å². The van der Waals surface area contributed by atoms with E-state index in [-0.39, 0.29) is 5.75 Å². The average molecular weight is 652 g/mol. The van der Waals surface area contributed by atoms with Gasteiger partial charge in [0.05, 0.1) is 5.69 Å². The van der Waals surface area contributed by atoms with Crippen LogP contribution in [-0.2, 0) is 0 Å². The Hall–Kier alpha value is -3.90. The molecule has 0 atom stereocenters. The highest BCUT2D eigenvalue weighted by molar-refractivity contribution is 5.93. The molecule has 0 unspecified atom stereocenters. The number of azo groups is 2. The van der Waals surface area contributed by atoms with Crippen LogP contribution in [0.15, 0.2) is 118 Å². The standard InChI is InChI=1S/C17H14N2O.C6H6.C3H9N.C3H8.C2H6N2.5C2H6/c1-12-11-13-7-5-6-10-15(13)17(20)16(12)19-18-14-8-3-2-4-9-14;1-2-4-6-5-3-1;1-3-4-2;1-3-2;1-3-4-2;5*1-2/h2-11,20H,1H3;1-6H;4H,3H2,1-2H3;3H2,1-2H3;1-2H3;5*1-2H3. The first-order chi connectivity index (χ1) is 23.0. The van der Waals surface area contributed by atoms with Gasteiger partial charge in [-0.2, -0.15) is 15.3 Å². The minimum absolute atomic E-state index is 0.181. The van der Waals surface area contributed by atoms with E-state index in [2.05, 4.69) is 46.5 Å². The number of aromatic hydroxyl groups is 1. The maximum Gasteiger partial charge on any atom is 0.151 e. The maximum atomic E-state index is 10.4. The summed E-state index contributed by atoms with van der Waals surface area (Å²) in [6.45, 7) is 29.3. The Kier molecular flexibility index (Phi) is 61.0. The third-order valence-corrected chi connectivity index (χ3v) is 4.43. The fourth-order valence-electron chi connectivity index (χ4n) is 2.57. The first-order valence-electron chi connectivity index (χ1n) is 17.5. The number of aryl methyl sites for hydroxylation is 1. The molecule has 0 aliphatic heterocycles. The summed E-state index contributed by atoms with van der Waals surface area (Å²) < 4.78 is 0. The first kappa shape index (κ1) is 55.5. The lowest BCUT2D eigenvalue weighted by Crippen LogP contribution is -2.01. The molecule has 0 aliphatic carbocycles. The Morgan fingerprint density at radius 1 is 0.574 bits per heavy atom. The van der Waals surface area contributed by atoms with E-state index < -0.39 is 0 Å². The molecule has 0 amide bonds. The third kappa shape index (κ3) is 34.8. The van der Waals surface area contributed by atoms with Gasteiger partial charge >= 0.3 is 0 Å². The first-order valence-corrected chi connectivity index (χ1v) is 17.5. The molecule has 6 heteroatoms. The monoisotopic (exact) mass is 652 g/mol. The van der Waals surface area contributed by atoms with Gasteiger partial charge in [-0.25, -0.2) is 0 Å². The number of nitrogens with zero attached hydrogens (tertiary/aromatic N) is 4. The highest BCUT2D eigenvalue weighted by atomic mass is 16.3. The Morgan fingerprint density at radius 2 is 0.915 bits per heavy atom. The molecule has 268 valence electrons. The van der Waals surface area contributed by atoms with E-state index in [9.17, 15) is 5.11 Å². The van der Waals surface area contributed by atoms with Gasteiger partial charge in [-0.1, -0.05) is 175 Å². The van der Waals surface area contributed by atoms with Crippen LogP contribution >= 0.6 is 0 Å². The van der Waals surface area contributed by atoms with E-state index in [1.807, 2.05) is 180 Å². The SMILES string of the molecule is CC.CC.CC.CC.CC.CCC.CCNC.CN=NC.Cc1cc2ccccc2c(O)c1N=Nc1ccccc1.c1ccccc1. The summed E-state index contributed by atoms with van der Waals surface area (Å²) in [6.07, 6.45) is 1.25. The van der Waals surface area contributed by atoms with Gasteiger partial charge in [0.25, 0.3) is 0 Å². The number of fused-ring (bicyclic) bond motifs is 1. The largest absolute Gasteiger partial charge is 0.505 e. The molecule has 4 aromatic carbocycles. The lowest BCUT2D eigenvalue weighted by Gasteiger charge is -2.07. The van der Waals surface area contributed by atoms with Gasteiger partial charge in [0.15, 0.2) is 5.75 Å². The second-order valence-electron chi connectivity index (χ2n) is 7.62. The molecule has 2 N–H and O–H groups in total. The molecule has 0 heterocycles. The zero-order valence-electron chi connectivity index (χ0n) is 33.4. The summed E-state index contributed by atoms with van der Waals surface area (Å²) >= 11 is 0. The Bertz CT molecular complexity index is 1100. The molecule has 4 aromatic rings. The molecule has 0 radical (unpaired) electrons. The summed E-state index contributed by atoms with van der Waals surface area (Å²) in [7, 11) is 5.21. The van der Waals surface area contributed by atoms with E-state index in [0.717, 1.165) is 28.6 Å². The Labute approximate surface area is 291 Å². The zero-order valence-corrected chi connectivity index (χ0v) is 33.4. The van der Waals surface area contributed by atoms with E-state index in [4.69, 9.17) is 0 Å². The maximum absolute atomic E-state index is 10.4. The molecule has 0 aliphatic rings. The van der Waals surface area contributed by atoms with Gasteiger partial charge in [0, 0.05) is 19.5 Å². The number of phenols is 1. The summed E-state index contributed by atoms with van der Waals surface area (Å²) in [5, 5.41) is 30.2. The molecule has 0 fully saturated rings.